The Labute approximate surface area is 206 Å². The monoisotopic (exact) mass is 489 g/mol. The Balaban J connectivity index is 1.12. The Morgan fingerprint density at radius 2 is 1.71 bits per heavy atom. The summed E-state index contributed by atoms with van der Waals surface area (Å²) in [5.74, 6) is 3.66. The van der Waals surface area contributed by atoms with Gasteiger partial charge in [-0.2, -0.15) is 4.31 Å². The number of fused-ring (bicyclic) bond motifs is 2. The summed E-state index contributed by atoms with van der Waals surface area (Å²) in [6.45, 7) is 1.65. The van der Waals surface area contributed by atoms with E-state index in [1.807, 2.05) is 18.2 Å². The molecule has 2 aromatic heterocycles. The second kappa shape index (κ2) is 7.96. The molecule has 4 fully saturated rings. The Morgan fingerprint density at radius 3 is 2.49 bits per heavy atom. The van der Waals surface area contributed by atoms with Crippen molar-refractivity contribution in [1.82, 2.24) is 19.3 Å². The molecule has 4 aliphatic carbocycles. The van der Waals surface area contributed by atoms with E-state index in [4.69, 9.17) is 0 Å². The highest BCUT2D eigenvalue weighted by Gasteiger charge is 2.50. The van der Waals surface area contributed by atoms with Crippen molar-refractivity contribution in [3.63, 3.8) is 0 Å². The van der Waals surface area contributed by atoms with Gasteiger partial charge in [0.05, 0.1) is 17.8 Å². The van der Waals surface area contributed by atoms with Gasteiger partial charge in [0.1, 0.15) is 17.0 Å². The number of sulfonamides is 1. The van der Waals surface area contributed by atoms with Crippen molar-refractivity contribution in [3.05, 3.63) is 54.1 Å². The summed E-state index contributed by atoms with van der Waals surface area (Å²) in [5.41, 5.74) is 2.80. The van der Waals surface area contributed by atoms with E-state index in [9.17, 15) is 8.42 Å². The summed E-state index contributed by atoms with van der Waals surface area (Å²) in [7, 11) is -3.70. The molecule has 0 saturated heterocycles. The third-order valence-electron chi connectivity index (χ3n) is 8.98. The minimum atomic E-state index is -3.70. The summed E-state index contributed by atoms with van der Waals surface area (Å²) < 4.78 is 28.8. The fourth-order valence-corrected chi connectivity index (χ4v) is 9.46. The van der Waals surface area contributed by atoms with Crippen LogP contribution in [0.3, 0.4) is 0 Å². The van der Waals surface area contributed by atoms with Gasteiger partial charge in [-0.15, -0.1) is 0 Å². The fraction of sp³-hybridized carbons (Fsp3) is 0.519. The van der Waals surface area contributed by atoms with Crippen LogP contribution < -0.4 is 5.32 Å². The lowest BCUT2D eigenvalue weighted by Crippen LogP contribution is -2.49. The van der Waals surface area contributed by atoms with Gasteiger partial charge in [0.25, 0.3) is 0 Å². The van der Waals surface area contributed by atoms with Crippen molar-refractivity contribution in [2.24, 2.45) is 23.2 Å². The van der Waals surface area contributed by atoms with Crippen LogP contribution in [0.15, 0.2) is 47.8 Å². The normalized spacial score (nSPS) is 29.9. The van der Waals surface area contributed by atoms with E-state index < -0.39 is 10.0 Å². The fourth-order valence-electron chi connectivity index (χ4n) is 7.89. The molecule has 0 amide bonds. The molecule has 8 rings (SSSR count). The van der Waals surface area contributed by atoms with Gasteiger partial charge in [0.2, 0.25) is 10.0 Å². The molecule has 1 N–H and O–H groups in total. The number of nitrogens with zero attached hydrogens (tertiary/aromatic N) is 4. The van der Waals surface area contributed by atoms with Crippen LogP contribution in [0.2, 0.25) is 0 Å². The van der Waals surface area contributed by atoms with E-state index in [0.717, 1.165) is 46.8 Å². The number of benzene rings is 1. The van der Waals surface area contributed by atoms with Crippen LogP contribution in [0, 0.1) is 23.2 Å². The molecule has 0 spiro atoms. The van der Waals surface area contributed by atoms with Gasteiger partial charge in [0, 0.05) is 30.2 Å². The quantitative estimate of drug-likeness (QED) is 0.572. The zero-order valence-corrected chi connectivity index (χ0v) is 20.7. The van der Waals surface area contributed by atoms with Crippen LogP contribution in [0.5, 0.6) is 0 Å². The van der Waals surface area contributed by atoms with Crippen LogP contribution in [0.1, 0.15) is 49.8 Å². The van der Waals surface area contributed by atoms with Crippen molar-refractivity contribution in [3.8, 4) is 0 Å². The average molecular weight is 490 g/mol. The summed E-state index contributed by atoms with van der Waals surface area (Å²) in [4.78, 5) is 13.7. The lowest BCUT2D eigenvalue weighted by atomic mass is 9.49. The number of anilines is 1. The minimum Gasteiger partial charge on any atom is -0.369 e. The molecular formula is C27H31N5O2S. The first-order valence-electron chi connectivity index (χ1n) is 12.9. The third kappa shape index (κ3) is 3.64. The SMILES string of the molecule is O=S(=O)(c1cccc2cccnc12)N1CCc2c(ncnc2NCC23CC4CC(CC(C4)C2)C3)C1. The number of rotatable bonds is 5. The van der Waals surface area contributed by atoms with Gasteiger partial charge in [-0.1, -0.05) is 18.2 Å². The maximum absolute atomic E-state index is 13.6. The molecule has 3 aromatic rings. The first-order valence-corrected chi connectivity index (χ1v) is 14.3. The summed E-state index contributed by atoms with van der Waals surface area (Å²) in [5, 5.41) is 4.53. The predicted molar refractivity (Wildman–Crippen MR) is 134 cm³/mol. The molecule has 1 aliphatic heterocycles. The largest absolute Gasteiger partial charge is 0.369 e. The van der Waals surface area contributed by atoms with Crippen molar-refractivity contribution < 1.29 is 8.42 Å². The molecule has 8 heteroatoms. The number of aromatic nitrogens is 3. The predicted octanol–water partition coefficient (Wildman–Crippen LogP) is 4.40. The van der Waals surface area contributed by atoms with Gasteiger partial charge in [0.15, 0.2) is 0 Å². The number of hydrogen-bond acceptors (Lipinski definition) is 6. The van der Waals surface area contributed by atoms with Crippen LogP contribution in [0.25, 0.3) is 10.9 Å². The molecule has 35 heavy (non-hydrogen) atoms. The Bertz CT molecular complexity index is 1370. The number of para-hydroxylation sites is 1. The molecule has 5 aliphatic rings. The van der Waals surface area contributed by atoms with Crippen LogP contribution in [-0.2, 0) is 23.0 Å². The molecule has 7 nitrogen and oxygen atoms in total. The van der Waals surface area contributed by atoms with E-state index in [-0.39, 0.29) is 11.4 Å². The molecule has 4 bridgehead atoms. The highest BCUT2D eigenvalue weighted by atomic mass is 32.2. The standard InChI is InChI=1S/C27H31N5O2S/c33-35(34,24-5-1-3-21-4-2-7-28-25(21)24)32-8-6-22-23(15-32)30-17-31-26(22)29-16-27-12-18-9-19(13-27)11-20(10-18)14-27/h1-5,7,17-20H,6,8-16H2,(H,29,30,31). The van der Waals surface area contributed by atoms with E-state index in [1.165, 1.54) is 42.8 Å². The lowest BCUT2D eigenvalue weighted by Gasteiger charge is -2.57. The van der Waals surface area contributed by atoms with Gasteiger partial charge in [-0.05, 0) is 80.2 Å². The highest BCUT2D eigenvalue weighted by Crippen LogP contribution is 2.60. The van der Waals surface area contributed by atoms with Crippen LogP contribution in [0.4, 0.5) is 5.82 Å². The molecule has 3 heterocycles. The van der Waals surface area contributed by atoms with E-state index in [1.54, 1.807) is 24.7 Å². The molecular weight excluding hydrogens is 458 g/mol. The smallest absolute Gasteiger partial charge is 0.245 e. The number of pyridine rings is 1. The molecule has 182 valence electrons. The highest BCUT2D eigenvalue weighted by molar-refractivity contribution is 7.89. The molecule has 0 radical (unpaired) electrons. The first-order chi connectivity index (χ1) is 17.0. The minimum absolute atomic E-state index is 0.258. The number of nitrogens with one attached hydrogen (secondary N) is 1. The van der Waals surface area contributed by atoms with Crippen molar-refractivity contribution in [2.45, 2.75) is 56.4 Å². The molecule has 4 saturated carbocycles. The Hall–Kier alpha value is -2.58. The second-order valence-corrected chi connectivity index (χ2v) is 13.2. The zero-order chi connectivity index (χ0) is 23.6. The van der Waals surface area contributed by atoms with Crippen molar-refractivity contribution >= 4 is 26.7 Å². The number of hydrogen-bond donors (Lipinski definition) is 1. The van der Waals surface area contributed by atoms with Crippen molar-refractivity contribution in [1.29, 1.82) is 0 Å². The maximum Gasteiger partial charge on any atom is 0.245 e. The van der Waals surface area contributed by atoms with Gasteiger partial charge >= 0.3 is 0 Å². The van der Waals surface area contributed by atoms with Gasteiger partial charge in [-0.3, -0.25) is 4.98 Å². The maximum atomic E-state index is 13.6. The topological polar surface area (TPSA) is 88.1 Å². The van der Waals surface area contributed by atoms with E-state index >= 15 is 0 Å². The third-order valence-corrected chi connectivity index (χ3v) is 10.9. The zero-order valence-electron chi connectivity index (χ0n) is 19.9. The molecule has 0 atom stereocenters. The summed E-state index contributed by atoms with van der Waals surface area (Å²) in [6, 6.07) is 9.04. The van der Waals surface area contributed by atoms with Crippen molar-refractivity contribution in [2.75, 3.05) is 18.4 Å². The summed E-state index contributed by atoms with van der Waals surface area (Å²) in [6.07, 6.45) is 12.2. The van der Waals surface area contributed by atoms with Gasteiger partial charge in [-0.25, -0.2) is 18.4 Å². The van der Waals surface area contributed by atoms with Crippen LogP contribution >= 0.6 is 0 Å². The lowest BCUT2D eigenvalue weighted by molar-refractivity contribution is -0.0444. The molecule has 0 unspecified atom stereocenters. The van der Waals surface area contributed by atoms with Crippen LogP contribution in [-0.4, -0.2) is 40.8 Å². The molecule has 1 aromatic carbocycles. The Morgan fingerprint density at radius 1 is 0.971 bits per heavy atom. The Kier molecular flexibility index (Phi) is 4.93. The first kappa shape index (κ1) is 21.7. The average Bonchev–Trinajstić information content (AvgIpc) is 2.86. The van der Waals surface area contributed by atoms with E-state index in [0.29, 0.717) is 23.9 Å². The second-order valence-electron chi connectivity index (χ2n) is 11.3. The van der Waals surface area contributed by atoms with Gasteiger partial charge < -0.3 is 5.32 Å². The summed E-state index contributed by atoms with van der Waals surface area (Å²) >= 11 is 0. The van der Waals surface area contributed by atoms with E-state index in [2.05, 4.69) is 20.3 Å².